The number of hydrogen-bond donors (Lipinski definition) is 1. The summed E-state index contributed by atoms with van der Waals surface area (Å²) in [6.45, 7) is 4.35. The largest absolute Gasteiger partial charge is 0.496 e. The SMILES string of the molecule is COC(=O)c1cc(CNC(=O)CC(C)C)ccc1OC. The molecule has 5 nitrogen and oxygen atoms in total. The fourth-order valence-corrected chi connectivity index (χ4v) is 1.78. The lowest BCUT2D eigenvalue weighted by Gasteiger charge is -2.10. The number of ether oxygens (including phenoxy) is 2. The number of rotatable bonds is 6. The van der Waals surface area contributed by atoms with Crippen molar-refractivity contribution in [2.75, 3.05) is 14.2 Å². The van der Waals surface area contributed by atoms with Gasteiger partial charge in [0.15, 0.2) is 0 Å². The van der Waals surface area contributed by atoms with Gasteiger partial charge in [-0.2, -0.15) is 0 Å². The van der Waals surface area contributed by atoms with Crippen LogP contribution in [0.25, 0.3) is 0 Å². The number of benzene rings is 1. The molecule has 0 heterocycles. The average molecular weight is 279 g/mol. The highest BCUT2D eigenvalue weighted by Gasteiger charge is 2.13. The van der Waals surface area contributed by atoms with Crippen molar-refractivity contribution in [3.05, 3.63) is 29.3 Å². The maximum Gasteiger partial charge on any atom is 0.341 e. The molecule has 0 spiro atoms. The Bertz CT molecular complexity index is 483. The first-order valence-corrected chi connectivity index (χ1v) is 6.49. The molecule has 1 aromatic carbocycles. The van der Waals surface area contributed by atoms with Crippen LogP contribution in [0.15, 0.2) is 18.2 Å². The molecule has 0 aromatic heterocycles. The summed E-state index contributed by atoms with van der Waals surface area (Å²) in [5, 5.41) is 2.82. The Balaban J connectivity index is 2.77. The van der Waals surface area contributed by atoms with Crippen LogP contribution in [0.1, 0.15) is 36.2 Å². The molecule has 0 radical (unpaired) electrons. The normalized spacial score (nSPS) is 10.2. The van der Waals surface area contributed by atoms with Gasteiger partial charge in [0.1, 0.15) is 11.3 Å². The first-order chi connectivity index (χ1) is 9.47. The second-order valence-corrected chi connectivity index (χ2v) is 4.90. The molecule has 5 heteroatoms. The van der Waals surface area contributed by atoms with Crippen LogP contribution in [0.2, 0.25) is 0 Å². The van der Waals surface area contributed by atoms with Crippen LogP contribution in [0.4, 0.5) is 0 Å². The van der Waals surface area contributed by atoms with E-state index in [1.165, 1.54) is 14.2 Å². The van der Waals surface area contributed by atoms with Gasteiger partial charge in [0.25, 0.3) is 0 Å². The maximum atomic E-state index is 11.6. The van der Waals surface area contributed by atoms with E-state index in [4.69, 9.17) is 9.47 Å². The zero-order valence-corrected chi connectivity index (χ0v) is 12.4. The van der Waals surface area contributed by atoms with Crippen molar-refractivity contribution in [3.8, 4) is 5.75 Å². The van der Waals surface area contributed by atoms with Crippen LogP contribution < -0.4 is 10.1 Å². The van der Waals surface area contributed by atoms with E-state index in [0.29, 0.717) is 30.2 Å². The molecule has 20 heavy (non-hydrogen) atoms. The molecule has 1 rings (SSSR count). The Hall–Kier alpha value is -2.04. The fourth-order valence-electron chi connectivity index (χ4n) is 1.78. The van der Waals surface area contributed by atoms with E-state index in [1.54, 1.807) is 18.2 Å². The Kier molecular flexibility index (Phi) is 6.03. The van der Waals surface area contributed by atoms with Crippen molar-refractivity contribution in [2.45, 2.75) is 26.8 Å². The van der Waals surface area contributed by atoms with Crippen molar-refractivity contribution in [2.24, 2.45) is 5.92 Å². The fraction of sp³-hybridized carbons (Fsp3) is 0.467. The predicted octanol–water partition coefficient (Wildman–Crippen LogP) is 2.14. The lowest BCUT2D eigenvalue weighted by Crippen LogP contribution is -2.24. The number of nitrogens with one attached hydrogen (secondary N) is 1. The standard InChI is InChI=1S/C15H21NO4/c1-10(2)7-14(17)16-9-11-5-6-13(19-3)12(8-11)15(18)20-4/h5-6,8,10H,7,9H2,1-4H3,(H,16,17). The van der Waals surface area contributed by atoms with Gasteiger partial charge in [-0.05, 0) is 23.6 Å². The summed E-state index contributed by atoms with van der Waals surface area (Å²) in [4.78, 5) is 23.2. The zero-order valence-electron chi connectivity index (χ0n) is 12.4. The van der Waals surface area contributed by atoms with Crippen LogP contribution >= 0.6 is 0 Å². The molecule has 0 aliphatic rings. The summed E-state index contributed by atoms with van der Waals surface area (Å²) in [5.41, 5.74) is 1.17. The van der Waals surface area contributed by atoms with Crippen molar-refractivity contribution >= 4 is 11.9 Å². The first-order valence-electron chi connectivity index (χ1n) is 6.49. The topological polar surface area (TPSA) is 64.6 Å². The van der Waals surface area contributed by atoms with Crippen LogP contribution in [0.3, 0.4) is 0 Å². The molecule has 1 N–H and O–H groups in total. The molecule has 0 saturated heterocycles. The van der Waals surface area contributed by atoms with Crippen molar-refractivity contribution in [3.63, 3.8) is 0 Å². The van der Waals surface area contributed by atoms with E-state index < -0.39 is 5.97 Å². The molecule has 110 valence electrons. The first kappa shape index (κ1) is 16.0. The summed E-state index contributed by atoms with van der Waals surface area (Å²) < 4.78 is 9.82. The van der Waals surface area contributed by atoms with E-state index in [0.717, 1.165) is 5.56 Å². The molecule has 0 aliphatic heterocycles. The number of hydrogen-bond acceptors (Lipinski definition) is 4. The summed E-state index contributed by atoms with van der Waals surface area (Å²) in [6.07, 6.45) is 0.486. The molecule has 0 bridgehead atoms. The highest BCUT2D eigenvalue weighted by atomic mass is 16.5. The van der Waals surface area contributed by atoms with Gasteiger partial charge in [-0.15, -0.1) is 0 Å². The summed E-state index contributed by atoms with van der Waals surface area (Å²) in [6, 6.07) is 5.16. The zero-order chi connectivity index (χ0) is 15.1. The van der Waals surface area contributed by atoms with Gasteiger partial charge in [0.2, 0.25) is 5.91 Å². The van der Waals surface area contributed by atoms with Crippen LogP contribution in [-0.4, -0.2) is 26.1 Å². The Morgan fingerprint density at radius 3 is 2.50 bits per heavy atom. The van der Waals surface area contributed by atoms with E-state index in [9.17, 15) is 9.59 Å². The van der Waals surface area contributed by atoms with Crippen molar-refractivity contribution in [1.29, 1.82) is 0 Å². The van der Waals surface area contributed by atoms with Gasteiger partial charge >= 0.3 is 5.97 Å². The third-order valence-electron chi connectivity index (χ3n) is 2.75. The molecular weight excluding hydrogens is 258 g/mol. The molecule has 1 aromatic rings. The summed E-state index contributed by atoms with van der Waals surface area (Å²) in [7, 11) is 2.81. The van der Waals surface area contributed by atoms with Crippen molar-refractivity contribution < 1.29 is 19.1 Å². The molecular formula is C15H21NO4. The lowest BCUT2D eigenvalue weighted by atomic mass is 10.1. The van der Waals surface area contributed by atoms with E-state index in [2.05, 4.69) is 5.32 Å². The van der Waals surface area contributed by atoms with Gasteiger partial charge in [-0.25, -0.2) is 4.79 Å². The molecule has 0 aliphatic carbocycles. The number of esters is 1. The number of carbonyl (C=O) groups excluding carboxylic acids is 2. The quantitative estimate of drug-likeness (QED) is 0.810. The van der Waals surface area contributed by atoms with E-state index in [-0.39, 0.29) is 5.91 Å². The second kappa shape index (κ2) is 7.53. The molecule has 0 fully saturated rings. The highest BCUT2D eigenvalue weighted by molar-refractivity contribution is 5.92. The van der Waals surface area contributed by atoms with Crippen LogP contribution in [0.5, 0.6) is 5.75 Å². The third kappa shape index (κ3) is 4.57. The molecule has 0 saturated carbocycles. The van der Waals surface area contributed by atoms with E-state index >= 15 is 0 Å². The Morgan fingerprint density at radius 1 is 1.25 bits per heavy atom. The molecule has 0 atom stereocenters. The smallest absolute Gasteiger partial charge is 0.341 e. The lowest BCUT2D eigenvalue weighted by molar-refractivity contribution is -0.121. The van der Waals surface area contributed by atoms with Gasteiger partial charge in [-0.3, -0.25) is 4.79 Å². The van der Waals surface area contributed by atoms with Gasteiger partial charge < -0.3 is 14.8 Å². The summed E-state index contributed by atoms with van der Waals surface area (Å²) >= 11 is 0. The number of carbonyl (C=O) groups is 2. The monoisotopic (exact) mass is 279 g/mol. The minimum absolute atomic E-state index is 0.00423. The van der Waals surface area contributed by atoms with Gasteiger partial charge in [0, 0.05) is 13.0 Å². The minimum atomic E-state index is -0.461. The number of amides is 1. The molecule has 0 unspecified atom stereocenters. The van der Waals surface area contributed by atoms with Gasteiger partial charge in [-0.1, -0.05) is 19.9 Å². The van der Waals surface area contributed by atoms with Crippen LogP contribution in [0, 0.1) is 5.92 Å². The predicted molar refractivity (Wildman–Crippen MR) is 75.6 cm³/mol. The number of methoxy groups -OCH3 is 2. The Labute approximate surface area is 119 Å². The minimum Gasteiger partial charge on any atom is -0.496 e. The van der Waals surface area contributed by atoms with E-state index in [1.807, 2.05) is 13.8 Å². The average Bonchev–Trinajstić information content (AvgIpc) is 2.43. The molecule has 1 amide bonds. The van der Waals surface area contributed by atoms with Crippen molar-refractivity contribution in [1.82, 2.24) is 5.32 Å². The highest BCUT2D eigenvalue weighted by Crippen LogP contribution is 2.20. The van der Waals surface area contributed by atoms with Gasteiger partial charge in [0.05, 0.1) is 14.2 Å². The maximum absolute atomic E-state index is 11.6. The Morgan fingerprint density at radius 2 is 1.95 bits per heavy atom. The second-order valence-electron chi connectivity index (χ2n) is 4.90. The van der Waals surface area contributed by atoms with Crippen LogP contribution in [-0.2, 0) is 16.1 Å². The summed E-state index contributed by atoms with van der Waals surface area (Å²) in [5.74, 6) is 0.304. The third-order valence-corrected chi connectivity index (χ3v) is 2.75.